The zero-order valence-corrected chi connectivity index (χ0v) is 27.3. The first kappa shape index (κ1) is 30.2. The number of likely N-dealkylation sites (tertiary alicyclic amines) is 1. The zero-order chi connectivity index (χ0) is 31.1. The maximum absolute atomic E-state index is 13.7. The van der Waals surface area contributed by atoms with Crippen LogP contribution >= 0.6 is 11.3 Å². The number of nitrogens with zero attached hydrogens (tertiary/aromatic N) is 6. The fraction of sp³-hybridized carbons (Fsp3) is 0.606. The number of nitrogens with one attached hydrogen (secondary N) is 1. The van der Waals surface area contributed by atoms with Crippen LogP contribution in [0.4, 0.5) is 5.13 Å². The molecule has 12 heteroatoms. The third-order valence-corrected chi connectivity index (χ3v) is 11.3. The summed E-state index contributed by atoms with van der Waals surface area (Å²) < 4.78 is 13.7. The first-order valence-electron chi connectivity index (χ1n) is 16.4. The molecule has 0 aromatic carbocycles. The molecule has 3 fully saturated rings. The number of methoxy groups -OCH3 is 1. The quantitative estimate of drug-likeness (QED) is 0.362. The summed E-state index contributed by atoms with van der Waals surface area (Å²) in [4.78, 5) is 40.3. The Morgan fingerprint density at radius 2 is 1.78 bits per heavy atom. The van der Waals surface area contributed by atoms with Crippen LogP contribution in [-0.2, 0) is 16.2 Å². The number of amides is 2. The fourth-order valence-corrected chi connectivity index (χ4v) is 8.84. The summed E-state index contributed by atoms with van der Waals surface area (Å²) in [6.45, 7) is 4.28. The van der Waals surface area contributed by atoms with Gasteiger partial charge in [-0.1, -0.05) is 11.3 Å². The Hall–Kier alpha value is -3.51. The van der Waals surface area contributed by atoms with E-state index in [0.717, 1.165) is 66.0 Å². The minimum atomic E-state index is -0.159. The van der Waals surface area contributed by atoms with Crippen molar-refractivity contribution in [1.82, 2.24) is 29.5 Å². The van der Waals surface area contributed by atoms with Gasteiger partial charge in [-0.05, 0) is 83.4 Å². The molecule has 5 heterocycles. The number of rotatable bonds is 7. The van der Waals surface area contributed by atoms with Gasteiger partial charge in [-0.3, -0.25) is 14.3 Å². The molecule has 1 saturated heterocycles. The van der Waals surface area contributed by atoms with E-state index in [0.29, 0.717) is 41.4 Å². The van der Waals surface area contributed by atoms with Crippen LogP contribution in [0.25, 0.3) is 21.8 Å². The van der Waals surface area contributed by atoms with E-state index in [-0.39, 0.29) is 17.9 Å². The van der Waals surface area contributed by atoms with Crippen molar-refractivity contribution < 1.29 is 19.1 Å². The van der Waals surface area contributed by atoms with Crippen molar-refractivity contribution in [3.63, 3.8) is 0 Å². The molecule has 4 aliphatic rings. The average Bonchev–Trinajstić information content (AvgIpc) is 3.83. The topological polar surface area (TPSA) is 115 Å². The van der Waals surface area contributed by atoms with Crippen LogP contribution in [0, 0.1) is 5.92 Å². The number of carbonyl (C=O) groups excluding carboxylic acids is 2. The first-order valence-corrected chi connectivity index (χ1v) is 17.2. The van der Waals surface area contributed by atoms with Gasteiger partial charge in [0.1, 0.15) is 23.7 Å². The maximum atomic E-state index is 13.7. The Labute approximate surface area is 268 Å². The van der Waals surface area contributed by atoms with Crippen molar-refractivity contribution in [2.75, 3.05) is 32.6 Å². The highest BCUT2D eigenvalue weighted by Gasteiger charge is 2.38. The number of fused-ring (bicyclic) bond motifs is 3. The molecule has 3 aromatic heterocycles. The number of hydrogen-bond acceptors (Lipinski definition) is 9. The minimum absolute atomic E-state index is 0.0424. The largest absolute Gasteiger partial charge is 0.483 e. The van der Waals surface area contributed by atoms with E-state index in [2.05, 4.69) is 29.8 Å². The van der Waals surface area contributed by atoms with Gasteiger partial charge in [0.05, 0.1) is 18.0 Å². The summed E-state index contributed by atoms with van der Waals surface area (Å²) in [5, 5.41) is 8.51. The van der Waals surface area contributed by atoms with Crippen LogP contribution in [0.2, 0.25) is 0 Å². The first-order chi connectivity index (χ1) is 21.9. The van der Waals surface area contributed by atoms with E-state index in [4.69, 9.17) is 14.6 Å². The highest BCUT2D eigenvalue weighted by atomic mass is 32.1. The summed E-state index contributed by atoms with van der Waals surface area (Å²) in [6.07, 6.45) is 12.4. The lowest BCUT2D eigenvalue weighted by atomic mass is 9.83. The second-order valence-corrected chi connectivity index (χ2v) is 14.0. The standard InChI is InChI=1S/C33H43N7O4S/c1-20(41)35-33-36-26-19-44-30-28(22-8-15-27(43-3)34-18-22)37-40(29(30)31(26)45-33)25-9-6-21(7-10-25)32(42)38(2)23-11-13-24(14-12-23)39-16-4-5-17-39/h8,15,18,21,23-25H,4-7,9-14,16-17,19H2,1-3H3,(H,35,36,41). The molecule has 0 radical (unpaired) electrons. The highest BCUT2D eigenvalue weighted by Crippen LogP contribution is 2.49. The second kappa shape index (κ2) is 12.7. The summed E-state index contributed by atoms with van der Waals surface area (Å²) in [6, 6.07) is 4.94. The number of pyridine rings is 1. The SMILES string of the molecule is COc1ccc(-c2nn(C3CCC(C(=O)N(C)C4CCC(N5CCCC5)CC4)CC3)c3c2OCc2nc(NC(C)=O)sc2-3)cn1. The molecule has 2 amide bonds. The molecule has 1 N–H and O–H groups in total. The van der Waals surface area contributed by atoms with Crippen LogP contribution in [0.3, 0.4) is 0 Å². The van der Waals surface area contributed by atoms with Crippen LogP contribution in [0.15, 0.2) is 18.3 Å². The molecular formula is C33H43N7O4S. The van der Waals surface area contributed by atoms with Gasteiger partial charge in [0.15, 0.2) is 10.9 Å². The number of hydrogen-bond donors (Lipinski definition) is 1. The second-order valence-electron chi connectivity index (χ2n) is 13.0. The number of thiazole rings is 1. The van der Waals surface area contributed by atoms with Gasteiger partial charge in [0.25, 0.3) is 0 Å². The van der Waals surface area contributed by atoms with E-state index in [1.807, 2.05) is 19.2 Å². The van der Waals surface area contributed by atoms with E-state index in [1.54, 1.807) is 13.3 Å². The molecule has 7 rings (SSSR count). The maximum Gasteiger partial charge on any atom is 0.225 e. The van der Waals surface area contributed by atoms with Gasteiger partial charge < -0.3 is 24.6 Å². The molecule has 3 aromatic rings. The van der Waals surface area contributed by atoms with Crippen molar-refractivity contribution in [3.8, 4) is 33.5 Å². The van der Waals surface area contributed by atoms with Crippen LogP contribution < -0.4 is 14.8 Å². The van der Waals surface area contributed by atoms with Crippen molar-refractivity contribution in [1.29, 1.82) is 0 Å². The fourth-order valence-electron chi connectivity index (χ4n) is 7.79. The number of carbonyl (C=O) groups is 2. The monoisotopic (exact) mass is 633 g/mol. The Balaban J connectivity index is 1.08. The highest BCUT2D eigenvalue weighted by molar-refractivity contribution is 7.19. The molecular weight excluding hydrogens is 590 g/mol. The summed E-state index contributed by atoms with van der Waals surface area (Å²) in [5.74, 6) is 1.42. The molecule has 45 heavy (non-hydrogen) atoms. The molecule has 11 nitrogen and oxygen atoms in total. The Morgan fingerprint density at radius 1 is 1.04 bits per heavy atom. The lowest BCUT2D eigenvalue weighted by Crippen LogP contribution is -2.46. The van der Waals surface area contributed by atoms with Gasteiger partial charge in [-0.15, -0.1) is 0 Å². The van der Waals surface area contributed by atoms with Gasteiger partial charge in [-0.25, -0.2) is 9.97 Å². The molecule has 240 valence electrons. The van der Waals surface area contributed by atoms with Gasteiger partial charge in [0.2, 0.25) is 17.7 Å². The summed E-state index contributed by atoms with van der Waals surface area (Å²) in [5.41, 5.74) is 3.24. The lowest BCUT2D eigenvalue weighted by Gasteiger charge is -2.40. The number of anilines is 1. The molecule has 2 saturated carbocycles. The smallest absolute Gasteiger partial charge is 0.225 e. The Bertz CT molecular complexity index is 1530. The Morgan fingerprint density at radius 3 is 2.44 bits per heavy atom. The van der Waals surface area contributed by atoms with Crippen molar-refractivity contribution in [2.24, 2.45) is 5.92 Å². The number of aromatic nitrogens is 4. The third kappa shape index (κ3) is 5.94. The molecule has 0 unspecified atom stereocenters. The average molecular weight is 634 g/mol. The normalized spacial score (nSPS) is 24.8. The van der Waals surface area contributed by atoms with E-state index in [1.165, 1.54) is 57.0 Å². The molecule has 0 bridgehead atoms. The predicted molar refractivity (Wildman–Crippen MR) is 172 cm³/mol. The lowest BCUT2D eigenvalue weighted by molar-refractivity contribution is -0.138. The van der Waals surface area contributed by atoms with Crippen LogP contribution in [0.5, 0.6) is 11.6 Å². The van der Waals surface area contributed by atoms with Crippen molar-refractivity contribution in [2.45, 2.75) is 95.9 Å². The molecule has 0 spiro atoms. The Kier molecular flexibility index (Phi) is 8.52. The van der Waals surface area contributed by atoms with Crippen molar-refractivity contribution in [3.05, 3.63) is 24.0 Å². The predicted octanol–water partition coefficient (Wildman–Crippen LogP) is 5.52. The van der Waals surface area contributed by atoms with Gasteiger partial charge in [0, 0.05) is 49.8 Å². The van der Waals surface area contributed by atoms with Crippen LogP contribution in [0.1, 0.15) is 82.9 Å². The number of ether oxygens (including phenoxy) is 2. The minimum Gasteiger partial charge on any atom is -0.483 e. The van der Waals surface area contributed by atoms with Crippen LogP contribution in [-0.4, -0.2) is 80.7 Å². The van der Waals surface area contributed by atoms with E-state index in [9.17, 15) is 9.59 Å². The van der Waals surface area contributed by atoms with Gasteiger partial charge >= 0.3 is 0 Å². The van der Waals surface area contributed by atoms with Crippen molar-refractivity contribution >= 4 is 28.3 Å². The van der Waals surface area contributed by atoms with Gasteiger partial charge in [-0.2, -0.15) is 5.10 Å². The van der Waals surface area contributed by atoms with E-state index >= 15 is 0 Å². The zero-order valence-electron chi connectivity index (χ0n) is 26.5. The third-order valence-electron chi connectivity index (χ3n) is 10.2. The van der Waals surface area contributed by atoms with E-state index < -0.39 is 0 Å². The molecule has 0 atom stereocenters. The summed E-state index contributed by atoms with van der Waals surface area (Å²) in [7, 11) is 3.63. The summed E-state index contributed by atoms with van der Waals surface area (Å²) >= 11 is 1.45. The molecule has 2 aliphatic heterocycles. The molecule has 2 aliphatic carbocycles.